The molecule has 1 aliphatic rings. The van der Waals surface area contributed by atoms with E-state index in [1.165, 1.54) is 6.20 Å². The molecule has 6 heteroatoms. The highest BCUT2D eigenvalue weighted by molar-refractivity contribution is 5.92. The Labute approximate surface area is 140 Å². The van der Waals surface area contributed by atoms with Crippen molar-refractivity contribution >= 4 is 18.1 Å². The Kier molecular flexibility index (Phi) is 4.05. The fourth-order valence-electron chi connectivity index (χ4n) is 2.72. The Morgan fingerprint density at radius 1 is 1.25 bits per heavy atom. The van der Waals surface area contributed by atoms with Crippen LogP contribution in [-0.4, -0.2) is 34.5 Å². The predicted molar refractivity (Wildman–Crippen MR) is 90.1 cm³/mol. The molecule has 1 amide bonds. The molecule has 0 bridgehead atoms. The molecule has 0 saturated heterocycles. The molecule has 0 saturated carbocycles. The Balaban J connectivity index is 1.94. The summed E-state index contributed by atoms with van der Waals surface area (Å²) in [5.41, 5.74) is 3.24. The first-order valence-corrected chi connectivity index (χ1v) is 7.79. The third-order valence-corrected chi connectivity index (χ3v) is 3.71. The molecule has 1 aromatic carbocycles. The largest absolute Gasteiger partial charge is 0.443 e. The maximum absolute atomic E-state index is 12.4. The number of hydrogen-bond donors (Lipinski definition) is 0. The van der Waals surface area contributed by atoms with Gasteiger partial charge in [-0.15, -0.1) is 0 Å². The molecule has 0 radical (unpaired) electrons. The summed E-state index contributed by atoms with van der Waals surface area (Å²) in [6.45, 7) is 6.12. The molecule has 124 valence electrons. The van der Waals surface area contributed by atoms with Gasteiger partial charge in [-0.05, 0) is 38.8 Å². The number of aromatic nitrogens is 2. The van der Waals surface area contributed by atoms with Crippen molar-refractivity contribution in [2.24, 2.45) is 0 Å². The zero-order valence-electron chi connectivity index (χ0n) is 13.9. The van der Waals surface area contributed by atoms with Crippen molar-refractivity contribution in [3.63, 3.8) is 0 Å². The van der Waals surface area contributed by atoms with E-state index in [2.05, 4.69) is 9.97 Å². The Bertz CT molecular complexity index is 779. The number of amides is 1. The van der Waals surface area contributed by atoms with E-state index in [1.807, 2.05) is 39.0 Å². The fourth-order valence-corrected chi connectivity index (χ4v) is 2.72. The Hall–Kier alpha value is -2.76. The first kappa shape index (κ1) is 16.1. The number of benzene rings is 1. The van der Waals surface area contributed by atoms with Gasteiger partial charge in [0.15, 0.2) is 6.29 Å². The summed E-state index contributed by atoms with van der Waals surface area (Å²) in [7, 11) is 0. The van der Waals surface area contributed by atoms with Crippen LogP contribution in [0, 0.1) is 0 Å². The van der Waals surface area contributed by atoms with Gasteiger partial charge in [0.2, 0.25) is 0 Å². The molecule has 1 aliphatic heterocycles. The van der Waals surface area contributed by atoms with Gasteiger partial charge < -0.3 is 4.74 Å². The van der Waals surface area contributed by atoms with Crippen LogP contribution in [0.4, 0.5) is 10.5 Å². The van der Waals surface area contributed by atoms with Gasteiger partial charge in [0.1, 0.15) is 11.3 Å². The predicted octanol–water partition coefficient (Wildman–Crippen LogP) is 3.25. The maximum Gasteiger partial charge on any atom is 0.414 e. The second-order valence-electron chi connectivity index (χ2n) is 6.63. The van der Waals surface area contributed by atoms with Crippen molar-refractivity contribution in [3.05, 3.63) is 41.9 Å². The van der Waals surface area contributed by atoms with E-state index in [0.29, 0.717) is 24.2 Å². The molecule has 24 heavy (non-hydrogen) atoms. The van der Waals surface area contributed by atoms with E-state index < -0.39 is 5.60 Å². The Morgan fingerprint density at radius 3 is 2.67 bits per heavy atom. The van der Waals surface area contributed by atoms with Crippen LogP contribution in [0.2, 0.25) is 0 Å². The van der Waals surface area contributed by atoms with Gasteiger partial charge in [0.05, 0.1) is 23.8 Å². The molecule has 0 aliphatic carbocycles. The average molecular weight is 325 g/mol. The molecule has 0 atom stereocenters. The second kappa shape index (κ2) is 6.03. The highest BCUT2D eigenvalue weighted by Gasteiger charge is 2.30. The first-order chi connectivity index (χ1) is 11.4. The summed E-state index contributed by atoms with van der Waals surface area (Å²) < 4.78 is 5.47. The van der Waals surface area contributed by atoms with E-state index in [-0.39, 0.29) is 6.09 Å². The molecule has 0 spiro atoms. The lowest BCUT2D eigenvalue weighted by Crippen LogP contribution is -2.35. The summed E-state index contributed by atoms with van der Waals surface area (Å²) in [6, 6.07) is 5.73. The molecule has 2 heterocycles. The topological polar surface area (TPSA) is 72.4 Å². The number of fused-ring (bicyclic) bond motifs is 1. The fraction of sp³-hybridized carbons (Fsp3) is 0.333. The minimum absolute atomic E-state index is 0.293. The van der Waals surface area contributed by atoms with Gasteiger partial charge in [0.25, 0.3) is 0 Å². The van der Waals surface area contributed by atoms with Gasteiger partial charge in [-0.25, -0.2) is 9.78 Å². The molecular weight excluding hydrogens is 306 g/mol. The molecule has 0 N–H and O–H groups in total. The molecule has 6 nitrogen and oxygen atoms in total. The van der Waals surface area contributed by atoms with Crippen LogP contribution in [-0.2, 0) is 11.2 Å². The lowest BCUT2D eigenvalue weighted by Gasteiger charge is -2.24. The number of nitrogens with zero attached hydrogens (tertiary/aromatic N) is 3. The van der Waals surface area contributed by atoms with E-state index in [0.717, 1.165) is 23.2 Å². The summed E-state index contributed by atoms with van der Waals surface area (Å²) in [6.07, 6.45) is 4.07. The summed E-state index contributed by atoms with van der Waals surface area (Å²) in [5, 5.41) is 0. The first-order valence-electron chi connectivity index (χ1n) is 7.79. The lowest BCUT2D eigenvalue weighted by molar-refractivity contribution is 0.0584. The number of ether oxygens (including phenoxy) is 1. The zero-order chi connectivity index (χ0) is 17.3. The lowest BCUT2D eigenvalue weighted by atomic mass is 10.0. The minimum Gasteiger partial charge on any atom is -0.443 e. The molecule has 2 aromatic rings. The quantitative estimate of drug-likeness (QED) is 0.793. The van der Waals surface area contributed by atoms with E-state index in [1.54, 1.807) is 11.1 Å². The number of rotatable bonds is 2. The van der Waals surface area contributed by atoms with E-state index in [4.69, 9.17) is 4.74 Å². The van der Waals surface area contributed by atoms with Crippen LogP contribution >= 0.6 is 0 Å². The number of aldehydes is 1. The molecule has 0 unspecified atom stereocenters. The zero-order valence-corrected chi connectivity index (χ0v) is 13.9. The number of carbonyl (C=O) groups is 2. The molecule has 1 aromatic heterocycles. The maximum atomic E-state index is 12.4. The third-order valence-electron chi connectivity index (χ3n) is 3.71. The third kappa shape index (κ3) is 3.13. The van der Waals surface area contributed by atoms with Crippen LogP contribution in [0.3, 0.4) is 0 Å². The number of hydrogen-bond acceptors (Lipinski definition) is 5. The van der Waals surface area contributed by atoms with Crippen molar-refractivity contribution in [1.82, 2.24) is 9.97 Å². The van der Waals surface area contributed by atoms with E-state index in [9.17, 15) is 9.59 Å². The normalized spacial score (nSPS) is 13.5. The van der Waals surface area contributed by atoms with Gasteiger partial charge in [-0.2, -0.15) is 0 Å². The van der Waals surface area contributed by atoms with Crippen LogP contribution in [0.1, 0.15) is 36.8 Å². The van der Waals surface area contributed by atoms with Crippen molar-refractivity contribution in [1.29, 1.82) is 0 Å². The number of carbonyl (C=O) groups excluding carboxylic acids is 2. The monoisotopic (exact) mass is 325 g/mol. The Morgan fingerprint density at radius 2 is 2.04 bits per heavy atom. The summed E-state index contributed by atoms with van der Waals surface area (Å²) in [4.78, 5) is 33.1. The van der Waals surface area contributed by atoms with E-state index >= 15 is 0 Å². The van der Waals surface area contributed by atoms with Gasteiger partial charge in [0, 0.05) is 12.1 Å². The number of anilines is 1. The van der Waals surface area contributed by atoms with Crippen molar-refractivity contribution < 1.29 is 14.3 Å². The van der Waals surface area contributed by atoms with Crippen molar-refractivity contribution in [3.8, 4) is 11.3 Å². The standard InChI is InChI=1S/C18H19N3O3/c1-18(2,3)24-17(23)21-8-7-14-13(5-4-6-16(14)21)15-10-19-12(11-22)9-20-15/h4-6,9-11H,7-8H2,1-3H3. The highest BCUT2D eigenvalue weighted by atomic mass is 16.6. The highest BCUT2D eigenvalue weighted by Crippen LogP contribution is 2.36. The second-order valence-corrected chi connectivity index (χ2v) is 6.63. The summed E-state index contributed by atoms with van der Waals surface area (Å²) in [5.74, 6) is 0. The van der Waals surface area contributed by atoms with Gasteiger partial charge in [-0.1, -0.05) is 12.1 Å². The van der Waals surface area contributed by atoms with Crippen LogP contribution in [0.25, 0.3) is 11.3 Å². The molecular formula is C18H19N3O3. The van der Waals surface area contributed by atoms with Crippen molar-refractivity contribution in [2.45, 2.75) is 32.8 Å². The van der Waals surface area contributed by atoms with Crippen molar-refractivity contribution in [2.75, 3.05) is 11.4 Å². The molecule has 3 rings (SSSR count). The average Bonchev–Trinajstić information content (AvgIpc) is 2.97. The SMILES string of the molecule is CC(C)(C)OC(=O)N1CCc2c(-c3cnc(C=O)cn3)cccc21. The summed E-state index contributed by atoms with van der Waals surface area (Å²) >= 11 is 0. The van der Waals surface area contributed by atoms with Gasteiger partial charge in [-0.3, -0.25) is 14.7 Å². The smallest absolute Gasteiger partial charge is 0.414 e. The van der Waals surface area contributed by atoms with Gasteiger partial charge >= 0.3 is 6.09 Å². The van der Waals surface area contributed by atoms with Crippen LogP contribution < -0.4 is 4.90 Å². The molecule has 0 fully saturated rings. The van der Waals surface area contributed by atoms with Crippen LogP contribution in [0.5, 0.6) is 0 Å². The minimum atomic E-state index is -0.534. The van der Waals surface area contributed by atoms with Crippen LogP contribution in [0.15, 0.2) is 30.6 Å².